The third-order valence-corrected chi connectivity index (χ3v) is 4.03. The fourth-order valence-corrected chi connectivity index (χ4v) is 2.60. The molecule has 0 aliphatic heterocycles. The molecule has 0 spiro atoms. The number of benzene rings is 1. The Bertz CT molecular complexity index is 707. The normalized spacial score (nSPS) is 12.1. The van der Waals surface area contributed by atoms with Gasteiger partial charge in [-0.05, 0) is 49.7 Å². The van der Waals surface area contributed by atoms with Crippen molar-refractivity contribution in [3.05, 3.63) is 48.2 Å². The van der Waals surface area contributed by atoms with Crippen molar-refractivity contribution in [3.8, 4) is 11.5 Å². The van der Waals surface area contributed by atoms with Crippen molar-refractivity contribution in [2.45, 2.75) is 24.1 Å². The number of carbonyl (C=O) groups excluding carboxylic acids is 1. The summed E-state index contributed by atoms with van der Waals surface area (Å²) in [5.41, 5.74) is 3.21. The second kappa shape index (κ2) is 8.93. The van der Waals surface area contributed by atoms with Gasteiger partial charge in [0.25, 0.3) is 5.91 Å². The predicted molar refractivity (Wildman–Crippen MR) is 94.6 cm³/mol. The van der Waals surface area contributed by atoms with Crippen molar-refractivity contribution < 1.29 is 14.6 Å². The molecule has 2 rings (SSSR count). The highest BCUT2D eigenvalue weighted by Crippen LogP contribution is 2.26. The van der Waals surface area contributed by atoms with Gasteiger partial charge in [-0.25, -0.2) is 10.4 Å². The Morgan fingerprint density at radius 2 is 2.29 bits per heavy atom. The van der Waals surface area contributed by atoms with E-state index in [0.29, 0.717) is 17.9 Å². The number of nitrogens with one attached hydrogen (secondary N) is 1. The maximum atomic E-state index is 12.0. The number of nitrogens with zero attached hydrogens (tertiary/aromatic N) is 2. The fourth-order valence-electron chi connectivity index (χ4n) is 1.79. The summed E-state index contributed by atoms with van der Waals surface area (Å²) in [5.74, 6) is 0.232. The first kappa shape index (κ1) is 17.8. The van der Waals surface area contributed by atoms with Crippen molar-refractivity contribution in [2.75, 3.05) is 6.61 Å². The molecule has 0 aliphatic carbocycles. The van der Waals surface area contributed by atoms with Gasteiger partial charge in [-0.15, -0.1) is 0 Å². The second-order valence-electron chi connectivity index (χ2n) is 4.82. The number of hydrogen-bond donors (Lipinski definition) is 2. The Morgan fingerprint density at radius 1 is 1.46 bits per heavy atom. The molecule has 1 heterocycles. The quantitative estimate of drug-likeness (QED) is 0.458. The molecule has 0 aliphatic rings. The van der Waals surface area contributed by atoms with Gasteiger partial charge in [-0.1, -0.05) is 17.8 Å². The number of phenolic OH excluding ortho intramolecular Hbond substituents is 1. The molecule has 1 unspecified atom stereocenters. The third kappa shape index (κ3) is 5.27. The van der Waals surface area contributed by atoms with Crippen LogP contribution in [0.2, 0.25) is 0 Å². The zero-order chi connectivity index (χ0) is 17.4. The topological polar surface area (TPSA) is 83.8 Å². The van der Waals surface area contributed by atoms with Gasteiger partial charge >= 0.3 is 0 Å². The van der Waals surface area contributed by atoms with E-state index in [0.717, 1.165) is 5.03 Å². The SMILES string of the molecule is CCOc1cc(/C=N/NC(=O)C(C)Sc2ccccn2)ccc1O. The molecule has 1 aromatic carbocycles. The predicted octanol–water partition coefficient (Wildman–Crippen LogP) is 2.82. The van der Waals surface area contributed by atoms with Gasteiger partial charge < -0.3 is 9.84 Å². The van der Waals surface area contributed by atoms with Crippen LogP contribution in [0.25, 0.3) is 0 Å². The molecule has 1 atom stereocenters. The minimum Gasteiger partial charge on any atom is -0.504 e. The lowest BCUT2D eigenvalue weighted by Gasteiger charge is -2.08. The molecular weight excluding hydrogens is 326 g/mol. The Balaban J connectivity index is 1.91. The molecule has 6 nitrogen and oxygen atoms in total. The van der Waals surface area contributed by atoms with Crippen LogP contribution in [0.4, 0.5) is 0 Å². The summed E-state index contributed by atoms with van der Waals surface area (Å²) in [6.07, 6.45) is 3.18. The van der Waals surface area contributed by atoms with E-state index >= 15 is 0 Å². The minimum absolute atomic E-state index is 0.0680. The number of amides is 1. The maximum absolute atomic E-state index is 12.0. The van der Waals surface area contributed by atoms with Gasteiger partial charge in [0.15, 0.2) is 11.5 Å². The van der Waals surface area contributed by atoms with Crippen molar-refractivity contribution in [1.82, 2.24) is 10.4 Å². The number of hydrogen-bond acceptors (Lipinski definition) is 6. The molecule has 0 bridgehead atoms. The average Bonchev–Trinajstić information content (AvgIpc) is 2.58. The fraction of sp³-hybridized carbons (Fsp3) is 0.235. The molecule has 2 aromatic rings. The van der Waals surface area contributed by atoms with E-state index in [1.165, 1.54) is 24.0 Å². The van der Waals surface area contributed by atoms with Gasteiger partial charge in [0.2, 0.25) is 0 Å². The summed E-state index contributed by atoms with van der Waals surface area (Å²) in [4.78, 5) is 16.2. The van der Waals surface area contributed by atoms with Crippen LogP contribution in [-0.4, -0.2) is 34.1 Å². The molecule has 0 fully saturated rings. The van der Waals surface area contributed by atoms with Crippen LogP contribution in [0.15, 0.2) is 52.7 Å². The first-order valence-electron chi connectivity index (χ1n) is 7.46. The number of aromatic hydroxyl groups is 1. The Labute approximate surface area is 145 Å². The highest BCUT2D eigenvalue weighted by Gasteiger charge is 2.14. The zero-order valence-corrected chi connectivity index (χ0v) is 14.3. The lowest BCUT2D eigenvalue weighted by atomic mass is 10.2. The highest BCUT2D eigenvalue weighted by molar-refractivity contribution is 8.00. The van der Waals surface area contributed by atoms with E-state index in [1.54, 1.807) is 25.3 Å². The number of ether oxygens (including phenoxy) is 1. The minimum atomic E-state index is -0.323. The third-order valence-electron chi connectivity index (χ3n) is 2.98. The molecule has 1 amide bonds. The molecular formula is C17H19N3O3S. The van der Waals surface area contributed by atoms with E-state index in [-0.39, 0.29) is 16.9 Å². The van der Waals surface area contributed by atoms with E-state index in [4.69, 9.17) is 4.74 Å². The molecule has 7 heteroatoms. The van der Waals surface area contributed by atoms with E-state index < -0.39 is 0 Å². The maximum Gasteiger partial charge on any atom is 0.253 e. The molecule has 126 valence electrons. The monoisotopic (exact) mass is 345 g/mol. The van der Waals surface area contributed by atoms with E-state index in [9.17, 15) is 9.90 Å². The Morgan fingerprint density at radius 3 is 3.00 bits per heavy atom. The molecule has 0 radical (unpaired) electrons. The van der Waals surface area contributed by atoms with Gasteiger partial charge in [0.1, 0.15) is 0 Å². The van der Waals surface area contributed by atoms with Crippen LogP contribution in [-0.2, 0) is 4.79 Å². The van der Waals surface area contributed by atoms with Crippen LogP contribution < -0.4 is 10.2 Å². The van der Waals surface area contributed by atoms with Gasteiger partial charge in [-0.3, -0.25) is 4.79 Å². The number of carbonyl (C=O) groups is 1. The first-order valence-corrected chi connectivity index (χ1v) is 8.34. The lowest BCUT2D eigenvalue weighted by molar-refractivity contribution is -0.120. The van der Waals surface area contributed by atoms with Crippen LogP contribution >= 0.6 is 11.8 Å². The summed E-state index contributed by atoms with van der Waals surface area (Å²) in [7, 11) is 0. The molecule has 0 saturated carbocycles. The molecule has 0 saturated heterocycles. The van der Waals surface area contributed by atoms with Crippen LogP contribution in [0.3, 0.4) is 0 Å². The number of aromatic nitrogens is 1. The smallest absolute Gasteiger partial charge is 0.253 e. The summed E-state index contributed by atoms with van der Waals surface area (Å²) >= 11 is 1.36. The van der Waals surface area contributed by atoms with E-state index in [2.05, 4.69) is 15.5 Å². The van der Waals surface area contributed by atoms with Crippen LogP contribution in [0, 0.1) is 0 Å². The standard InChI is InChI=1S/C17H19N3O3S/c1-3-23-15-10-13(7-8-14(15)21)11-19-20-17(22)12(2)24-16-6-4-5-9-18-16/h4-12,21H,3H2,1-2H3,(H,20,22)/b19-11+. The van der Waals surface area contributed by atoms with Crippen molar-refractivity contribution in [3.63, 3.8) is 0 Å². The van der Waals surface area contributed by atoms with Crippen molar-refractivity contribution >= 4 is 23.9 Å². The summed E-state index contributed by atoms with van der Waals surface area (Å²) < 4.78 is 5.30. The Kier molecular flexibility index (Phi) is 6.62. The number of thioether (sulfide) groups is 1. The average molecular weight is 345 g/mol. The highest BCUT2D eigenvalue weighted by atomic mass is 32.2. The van der Waals surface area contributed by atoms with Crippen LogP contribution in [0.5, 0.6) is 11.5 Å². The number of phenols is 1. The molecule has 24 heavy (non-hydrogen) atoms. The van der Waals surface area contributed by atoms with Crippen molar-refractivity contribution in [2.24, 2.45) is 5.10 Å². The Hall–Kier alpha value is -2.54. The van der Waals surface area contributed by atoms with Gasteiger partial charge in [-0.2, -0.15) is 5.10 Å². The molecule has 1 aromatic heterocycles. The second-order valence-corrected chi connectivity index (χ2v) is 6.18. The first-order chi connectivity index (χ1) is 11.6. The molecule has 2 N–H and O–H groups in total. The number of rotatable bonds is 7. The number of pyridine rings is 1. The number of hydrazone groups is 1. The van der Waals surface area contributed by atoms with Crippen LogP contribution in [0.1, 0.15) is 19.4 Å². The van der Waals surface area contributed by atoms with Gasteiger partial charge in [0.05, 0.1) is 23.1 Å². The largest absolute Gasteiger partial charge is 0.504 e. The summed E-state index contributed by atoms with van der Waals surface area (Å²) in [5, 5.41) is 14.0. The van der Waals surface area contributed by atoms with Gasteiger partial charge in [0, 0.05) is 6.20 Å². The summed E-state index contributed by atoms with van der Waals surface area (Å²) in [6, 6.07) is 10.4. The lowest BCUT2D eigenvalue weighted by Crippen LogP contribution is -2.26. The zero-order valence-electron chi connectivity index (χ0n) is 13.5. The van der Waals surface area contributed by atoms with E-state index in [1.807, 2.05) is 25.1 Å². The van der Waals surface area contributed by atoms with Crippen molar-refractivity contribution in [1.29, 1.82) is 0 Å². The summed E-state index contributed by atoms with van der Waals surface area (Å²) in [6.45, 7) is 4.08.